The predicted molar refractivity (Wildman–Crippen MR) is 415 cm³/mol. The van der Waals surface area contributed by atoms with Gasteiger partial charge >= 0.3 is 0 Å². The fraction of sp³-hybridized carbons (Fsp3) is 0.203. The molecular weight excluding hydrogens is 1310 g/mol. The number of pyridine rings is 2. The molecule has 2 heterocycles. The summed E-state index contributed by atoms with van der Waals surface area (Å²) in [5.41, 5.74) is 26.4. The molecule has 0 amide bonds. The quantitative estimate of drug-likeness (QED) is 0.0206. The van der Waals surface area contributed by atoms with Crippen molar-refractivity contribution in [2.24, 2.45) is 4.99 Å². The number of nitro groups is 3. The van der Waals surface area contributed by atoms with Crippen molar-refractivity contribution in [1.29, 1.82) is 0 Å². The summed E-state index contributed by atoms with van der Waals surface area (Å²) in [6.45, 7) is 25.8. The number of nitro benzene ring substituents is 3. The summed E-state index contributed by atoms with van der Waals surface area (Å²) in [7, 11) is 0. The lowest BCUT2D eigenvalue weighted by Crippen LogP contribution is -2.20. The average Bonchev–Trinajstić information content (AvgIpc) is 0.832. The second kappa shape index (κ2) is 33.3. The van der Waals surface area contributed by atoms with Gasteiger partial charge in [0.25, 0.3) is 17.1 Å². The summed E-state index contributed by atoms with van der Waals surface area (Å²) in [5, 5.41) is 47.6. The molecule has 8 N–H and O–H groups in total. The molecule has 504 valence electrons. The zero-order valence-corrected chi connectivity index (χ0v) is 59.8. The molecular formula is C79H74N12O6S3. The number of rotatable bonds is 8. The topological polar surface area (TPSA) is 268 Å². The van der Waals surface area contributed by atoms with Gasteiger partial charge < -0.3 is 32.7 Å². The molecule has 0 radical (unpaired) electrons. The van der Waals surface area contributed by atoms with Crippen LogP contribution in [-0.2, 0) is 21.7 Å². The molecule has 0 spiro atoms. The first-order chi connectivity index (χ1) is 47.1. The van der Waals surface area contributed by atoms with Gasteiger partial charge in [0, 0.05) is 81.4 Å². The minimum Gasteiger partial charge on any atom is -0.398 e. The maximum atomic E-state index is 11.0. The lowest BCUT2D eigenvalue weighted by Gasteiger charge is -2.21. The van der Waals surface area contributed by atoms with Gasteiger partial charge in [0.05, 0.1) is 37.0 Å². The zero-order valence-electron chi connectivity index (χ0n) is 57.3. The van der Waals surface area contributed by atoms with Crippen LogP contribution >= 0.6 is 36.7 Å². The van der Waals surface area contributed by atoms with Crippen molar-refractivity contribution in [3.63, 3.8) is 0 Å². The Morgan fingerprint density at radius 1 is 0.390 bits per heavy atom. The Labute approximate surface area is 599 Å². The number of nitrogens with zero attached hydrogens (tertiary/aromatic N) is 6. The fourth-order valence-electron chi connectivity index (χ4n) is 8.99. The minimum atomic E-state index is -0.467. The first kappa shape index (κ1) is 75.4. The van der Waals surface area contributed by atoms with E-state index in [9.17, 15) is 30.3 Å². The number of nitrogen functional groups attached to an aromatic ring is 2. The van der Waals surface area contributed by atoms with E-state index in [1.54, 1.807) is 24.3 Å². The van der Waals surface area contributed by atoms with Crippen molar-refractivity contribution in [3.05, 3.63) is 280 Å². The van der Waals surface area contributed by atoms with Crippen LogP contribution in [0.5, 0.6) is 0 Å². The first-order valence-electron chi connectivity index (χ1n) is 31.2. The van der Waals surface area contributed by atoms with E-state index in [1.807, 2.05) is 84.9 Å². The highest BCUT2D eigenvalue weighted by molar-refractivity contribution is 7.81. The number of isothiocyanates is 1. The van der Waals surface area contributed by atoms with Crippen molar-refractivity contribution in [3.8, 4) is 47.4 Å². The maximum absolute atomic E-state index is 11.0. The molecule has 0 atom stereocenters. The Morgan fingerprint density at radius 2 is 0.670 bits per heavy atom. The van der Waals surface area contributed by atoms with Gasteiger partial charge in [-0.25, -0.2) is 9.97 Å². The number of hydrogen-bond acceptors (Lipinski definition) is 14. The van der Waals surface area contributed by atoms with Crippen molar-refractivity contribution < 1.29 is 14.8 Å². The lowest BCUT2D eigenvalue weighted by atomic mass is 9.86. The standard InChI is InChI=1S/C43H39N7O4S2.C29H31N3.C7H4N2O2S/c1-42(2,3)30-12-24-38(47-40(55)45-34-16-20-36(21-17-34)49(51)52)28(26-30)10-14-32-8-7-9-33(44-32)15-11-29-27-31(43(4,5)6)13-25-39(29)48-41(56)46-35-18-22-37(23-19-35)50(53)54;1-28(2,3)22-12-16-26(30)20(18-22)10-14-24-8-7-9-25(32-24)15-11-21-19-23(29(4,5)6)13-17-27(21)31;10-9(11)7-3-1-6(2-4-7)8-5-12/h7-9,12-13,16-27H,1-6H3,(H2,45,47,55)(H2,46,48,56);7-9,12-13,16-19H,30-31H2,1-6H3;1-4H. The van der Waals surface area contributed by atoms with Crippen molar-refractivity contribution in [2.45, 2.75) is 105 Å². The molecule has 0 fully saturated rings. The number of nitrogens with one attached hydrogen (secondary N) is 4. The van der Waals surface area contributed by atoms with Crippen molar-refractivity contribution in [2.75, 3.05) is 32.7 Å². The van der Waals surface area contributed by atoms with E-state index in [-0.39, 0.29) is 38.7 Å². The van der Waals surface area contributed by atoms with E-state index in [2.05, 4.69) is 203 Å². The molecule has 0 aliphatic carbocycles. The molecule has 0 aliphatic heterocycles. The highest BCUT2D eigenvalue weighted by Crippen LogP contribution is 2.31. The maximum Gasteiger partial charge on any atom is 0.269 e. The predicted octanol–water partition coefficient (Wildman–Crippen LogP) is 17.9. The summed E-state index contributed by atoms with van der Waals surface area (Å²) >= 11 is 15.5. The SMILES string of the molecule is CC(C)(C)c1ccc(N)c(C#Cc2cccc(C#Cc3cc(C(C)(C)C)ccc3N)n2)c1.CC(C)(C)c1ccc(NC(=S)Nc2ccc([N+](=O)[O-])cc2)c(C#Cc2cccc(C#Cc3cc(C(C)(C)C)ccc3NC(=S)Nc3ccc([N+](=O)[O-])cc3)n2)c1.O=[N+]([O-])c1ccc(N=C=S)cc1. The molecule has 21 heteroatoms. The van der Waals surface area contributed by atoms with E-state index in [1.165, 1.54) is 59.7 Å². The third-order valence-corrected chi connectivity index (χ3v) is 15.3. The molecule has 7 aromatic carbocycles. The minimum absolute atomic E-state index is 0.0131. The van der Waals surface area contributed by atoms with Crippen LogP contribution in [0.15, 0.2) is 187 Å². The molecule has 0 unspecified atom stereocenters. The number of non-ortho nitro benzene ring substituents is 3. The Morgan fingerprint density at radius 3 is 0.960 bits per heavy atom. The van der Waals surface area contributed by atoms with Gasteiger partial charge in [-0.15, -0.1) is 0 Å². The number of benzene rings is 7. The van der Waals surface area contributed by atoms with Crippen LogP contribution in [0.3, 0.4) is 0 Å². The van der Waals surface area contributed by atoms with Gasteiger partial charge in [0.2, 0.25) is 0 Å². The molecule has 9 aromatic rings. The summed E-state index contributed by atoms with van der Waals surface area (Å²) in [4.78, 5) is 43.9. The Bertz CT molecular complexity index is 4610. The van der Waals surface area contributed by atoms with E-state index in [0.29, 0.717) is 83.9 Å². The lowest BCUT2D eigenvalue weighted by molar-refractivity contribution is -0.385. The van der Waals surface area contributed by atoms with E-state index in [4.69, 9.17) is 40.9 Å². The number of anilines is 6. The Kier molecular flexibility index (Phi) is 25.2. The van der Waals surface area contributed by atoms with Crippen LogP contribution in [0.4, 0.5) is 56.9 Å². The van der Waals surface area contributed by atoms with Gasteiger partial charge in [-0.05, 0) is 213 Å². The number of aromatic nitrogens is 2. The van der Waals surface area contributed by atoms with Gasteiger partial charge in [-0.1, -0.05) is 143 Å². The van der Waals surface area contributed by atoms with Crippen LogP contribution in [0.25, 0.3) is 0 Å². The number of hydrogen-bond donors (Lipinski definition) is 6. The summed E-state index contributed by atoms with van der Waals surface area (Å²) in [6.07, 6.45) is 0. The number of nitrogens with two attached hydrogens (primary N) is 2. The van der Waals surface area contributed by atoms with Crippen LogP contribution < -0.4 is 32.7 Å². The molecule has 18 nitrogen and oxygen atoms in total. The summed E-state index contributed by atoms with van der Waals surface area (Å²) < 4.78 is 0. The monoisotopic (exact) mass is 1380 g/mol. The normalized spacial score (nSPS) is 10.7. The van der Waals surface area contributed by atoms with Gasteiger partial charge in [-0.2, -0.15) is 4.99 Å². The van der Waals surface area contributed by atoms with Crippen LogP contribution in [0.1, 0.15) is 150 Å². The van der Waals surface area contributed by atoms with Crippen molar-refractivity contribution in [1.82, 2.24) is 9.97 Å². The average molecular weight is 1380 g/mol. The van der Waals surface area contributed by atoms with E-state index in [0.717, 1.165) is 22.3 Å². The van der Waals surface area contributed by atoms with Crippen LogP contribution in [0.2, 0.25) is 0 Å². The van der Waals surface area contributed by atoms with E-state index < -0.39 is 14.8 Å². The molecule has 2 aromatic heterocycles. The van der Waals surface area contributed by atoms with Gasteiger partial charge in [0.15, 0.2) is 10.2 Å². The third kappa shape index (κ3) is 22.9. The highest BCUT2D eigenvalue weighted by atomic mass is 32.1. The second-order valence-corrected chi connectivity index (χ2v) is 27.7. The molecule has 100 heavy (non-hydrogen) atoms. The van der Waals surface area contributed by atoms with E-state index >= 15 is 0 Å². The summed E-state index contributed by atoms with van der Waals surface area (Å²) in [5.74, 6) is 25.5. The zero-order chi connectivity index (χ0) is 73.1. The number of aliphatic imine (C=N–C) groups is 1. The van der Waals surface area contributed by atoms with Gasteiger partial charge in [-0.3, -0.25) is 30.3 Å². The van der Waals surface area contributed by atoms with Gasteiger partial charge in [0.1, 0.15) is 22.8 Å². The van der Waals surface area contributed by atoms with Crippen molar-refractivity contribution >= 4 is 109 Å². The molecule has 0 saturated heterocycles. The second-order valence-electron chi connectivity index (χ2n) is 26.7. The van der Waals surface area contributed by atoms with Crippen LogP contribution in [-0.4, -0.2) is 40.1 Å². The third-order valence-electron chi connectivity index (χ3n) is 14.8. The smallest absolute Gasteiger partial charge is 0.269 e. The van der Waals surface area contributed by atoms with Crippen LogP contribution in [0, 0.1) is 77.7 Å². The Hall–Kier alpha value is -11.9. The molecule has 0 saturated carbocycles. The number of thiocarbonyl (C=S) groups is 3. The largest absolute Gasteiger partial charge is 0.398 e. The molecule has 9 rings (SSSR count). The highest BCUT2D eigenvalue weighted by Gasteiger charge is 2.20. The molecule has 0 bridgehead atoms. The first-order valence-corrected chi connectivity index (χ1v) is 32.4. The Balaban J connectivity index is 0.000000265. The summed E-state index contributed by atoms with van der Waals surface area (Å²) in [6, 6.07) is 52.8. The fourth-order valence-corrected chi connectivity index (χ4v) is 9.55. The molecule has 0 aliphatic rings.